The molecule has 3 aromatic heterocycles. The molecular formula is C27H27N5O3. The second-order valence-electron chi connectivity index (χ2n) is 9.52. The zero-order chi connectivity index (χ0) is 24.6. The SMILES string of the molecule is Cc1cccc(OC2CN(c3ccc(-c4cc(OCC(C)(C)O)cn5ncc(C#N)c45)cn3)C2)c1. The summed E-state index contributed by atoms with van der Waals surface area (Å²) in [6, 6.07) is 16.1. The van der Waals surface area contributed by atoms with Crippen LogP contribution in [0.3, 0.4) is 0 Å². The number of hydrogen-bond donors (Lipinski definition) is 1. The molecule has 4 aromatic rings. The van der Waals surface area contributed by atoms with Crippen LogP contribution in [-0.4, -0.2) is 51.1 Å². The van der Waals surface area contributed by atoms with E-state index in [0.717, 1.165) is 35.8 Å². The average molecular weight is 470 g/mol. The topological polar surface area (TPSA) is 95.9 Å². The van der Waals surface area contributed by atoms with Crippen molar-refractivity contribution in [2.24, 2.45) is 0 Å². The highest BCUT2D eigenvalue weighted by Crippen LogP contribution is 2.32. The van der Waals surface area contributed by atoms with Gasteiger partial charge in [-0.15, -0.1) is 0 Å². The van der Waals surface area contributed by atoms with Gasteiger partial charge in [0.2, 0.25) is 0 Å². The van der Waals surface area contributed by atoms with Crippen LogP contribution in [0.25, 0.3) is 16.6 Å². The second-order valence-corrected chi connectivity index (χ2v) is 9.52. The number of anilines is 1. The number of aryl methyl sites for hydroxylation is 1. The fraction of sp³-hybridized carbons (Fsp3) is 0.296. The van der Waals surface area contributed by atoms with Gasteiger partial charge in [-0.2, -0.15) is 10.4 Å². The van der Waals surface area contributed by atoms with E-state index >= 15 is 0 Å². The summed E-state index contributed by atoms with van der Waals surface area (Å²) in [4.78, 5) is 6.84. The van der Waals surface area contributed by atoms with E-state index in [2.05, 4.69) is 34.0 Å². The number of nitrogens with zero attached hydrogens (tertiary/aromatic N) is 5. The Morgan fingerprint density at radius 3 is 2.66 bits per heavy atom. The predicted molar refractivity (Wildman–Crippen MR) is 133 cm³/mol. The molecule has 0 radical (unpaired) electrons. The van der Waals surface area contributed by atoms with E-state index in [4.69, 9.17) is 9.47 Å². The molecule has 1 saturated heterocycles. The summed E-state index contributed by atoms with van der Waals surface area (Å²) in [7, 11) is 0. The first-order chi connectivity index (χ1) is 16.8. The molecule has 0 bridgehead atoms. The van der Waals surface area contributed by atoms with Crippen LogP contribution in [0.2, 0.25) is 0 Å². The first kappa shape index (κ1) is 22.7. The van der Waals surface area contributed by atoms with Crippen molar-refractivity contribution in [1.82, 2.24) is 14.6 Å². The fourth-order valence-corrected chi connectivity index (χ4v) is 4.05. The summed E-state index contributed by atoms with van der Waals surface area (Å²) >= 11 is 0. The summed E-state index contributed by atoms with van der Waals surface area (Å²) in [6.07, 6.45) is 5.18. The van der Waals surface area contributed by atoms with Crippen molar-refractivity contribution in [2.45, 2.75) is 32.5 Å². The van der Waals surface area contributed by atoms with Crippen LogP contribution in [0.5, 0.6) is 11.5 Å². The molecule has 0 atom stereocenters. The minimum Gasteiger partial charge on any atom is -0.489 e. The molecule has 1 aromatic carbocycles. The lowest BCUT2D eigenvalue weighted by atomic mass is 10.0. The molecule has 1 aliphatic heterocycles. The van der Waals surface area contributed by atoms with E-state index in [1.54, 1.807) is 30.8 Å². The van der Waals surface area contributed by atoms with Gasteiger partial charge in [0, 0.05) is 17.3 Å². The Morgan fingerprint density at radius 2 is 1.97 bits per heavy atom. The van der Waals surface area contributed by atoms with E-state index in [1.165, 1.54) is 11.8 Å². The molecule has 0 aliphatic carbocycles. The van der Waals surface area contributed by atoms with Crippen LogP contribution in [0, 0.1) is 18.3 Å². The van der Waals surface area contributed by atoms with Crippen LogP contribution in [0.1, 0.15) is 25.0 Å². The summed E-state index contributed by atoms with van der Waals surface area (Å²) in [5.74, 6) is 2.31. The monoisotopic (exact) mass is 469 g/mol. The molecule has 8 heteroatoms. The van der Waals surface area contributed by atoms with Crippen molar-refractivity contribution in [1.29, 1.82) is 5.26 Å². The molecule has 8 nitrogen and oxygen atoms in total. The van der Waals surface area contributed by atoms with E-state index in [-0.39, 0.29) is 12.7 Å². The smallest absolute Gasteiger partial charge is 0.138 e. The third kappa shape index (κ3) is 4.91. The number of benzene rings is 1. The molecule has 1 N–H and O–H groups in total. The van der Waals surface area contributed by atoms with Crippen LogP contribution < -0.4 is 14.4 Å². The molecule has 1 fully saturated rings. The predicted octanol–water partition coefficient (Wildman–Crippen LogP) is 3.99. The number of pyridine rings is 2. The number of rotatable bonds is 7. The summed E-state index contributed by atoms with van der Waals surface area (Å²) in [5.41, 5.74) is 2.99. The quantitative estimate of drug-likeness (QED) is 0.437. The van der Waals surface area contributed by atoms with Crippen LogP contribution >= 0.6 is 0 Å². The Labute approximate surface area is 204 Å². The highest BCUT2D eigenvalue weighted by molar-refractivity contribution is 5.85. The largest absolute Gasteiger partial charge is 0.489 e. The average Bonchev–Trinajstić information content (AvgIpc) is 3.22. The van der Waals surface area contributed by atoms with Gasteiger partial charge in [-0.05, 0) is 56.7 Å². The van der Waals surface area contributed by atoms with Crippen LogP contribution in [-0.2, 0) is 0 Å². The Bertz CT molecular complexity index is 1390. The van der Waals surface area contributed by atoms with Gasteiger partial charge in [0.15, 0.2) is 0 Å². The molecule has 0 unspecified atom stereocenters. The molecular weight excluding hydrogens is 442 g/mol. The summed E-state index contributed by atoms with van der Waals surface area (Å²) in [6.45, 7) is 7.09. The van der Waals surface area contributed by atoms with Gasteiger partial charge >= 0.3 is 0 Å². The van der Waals surface area contributed by atoms with Gasteiger partial charge in [0.1, 0.15) is 36.1 Å². The van der Waals surface area contributed by atoms with Crippen LogP contribution in [0.4, 0.5) is 5.82 Å². The molecule has 5 rings (SSSR count). The van der Waals surface area contributed by atoms with Gasteiger partial charge in [-0.25, -0.2) is 9.50 Å². The number of aromatic nitrogens is 3. The lowest BCUT2D eigenvalue weighted by molar-refractivity contribution is 0.0283. The van der Waals surface area contributed by atoms with Crippen molar-refractivity contribution in [2.75, 3.05) is 24.6 Å². The number of aliphatic hydroxyl groups is 1. The molecule has 0 spiro atoms. The maximum Gasteiger partial charge on any atom is 0.138 e. The normalized spacial score (nSPS) is 14.0. The number of fused-ring (bicyclic) bond motifs is 1. The van der Waals surface area contributed by atoms with Gasteiger partial charge in [0.05, 0.1) is 42.2 Å². The van der Waals surface area contributed by atoms with Gasteiger partial charge in [-0.1, -0.05) is 12.1 Å². The van der Waals surface area contributed by atoms with Crippen molar-refractivity contribution in [3.8, 4) is 28.7 Å². The third-order valence-corrected chi connectivity index (χ3v) is 5.82. The first-order valence-corrected chi connectivity index (χ1v) is 11.5. The molecule has 178 valence electrons. The Kier molecular flexibility index (Phi) is 5.79. The Hall–Kier alpha value is -4.09. The molecule has 35 heavy (non-hydrogen) atoms. The minimum absolute atomic E-state index is 0.127. The van der Waals surface area contributed by atoms with Gasteiger partial charge in [-0.3, -0.25) is 0 Å². The molecule has 1 aliphatic rings. The molecule has 4 heterocycles. The van der Waals surface area contributed by atoms with Crippen molar-refractivity contribution >= 4 is 11.3 Å². The first-order valence-electron chi connectivity index (χ1n) is 11.5. The summed E-state index contributed by atoms with van der Waals surface area (Å²) in [5, 5.41) is 23.9. The van der Waals surface area contributed by atoms with E-state index in [0.29, 0.717) is 16.8 Å². The Balaban J connectivity index is 1.35. The van der Waals surface area contributed by atoms with Gasteiger partial charge < -0.3 is 19.5 Å². The third-order valence-electron chi connectivity index (χ3n) is 5.82. The maximum absolute atomic E-state index is 10.0. The standard InChI is InChI=1S/C27H27N5O3/c1-18-5-4-6-21(9-18)35-23-14-31(15-23)25-8-7-19(12-29-25)24-10-22(34-17-27(2,3)33)16-32-26(24)20(11-28)13-30-32/h4-10,12-13,16,23,33H,14-15,17H2,1-3H3. The zero-order valence-corrected chi connectivity index (χ0v) is 20.0. The maximum atomic E-state index is 10.0. The second kappa shape index (κ2) is 8.93. The zero-order valence-electron chi connectivity index (χ0n) is 20.0. The highest BCUT2D eigenvalue weighted by Gasteiger charge is 2.29. The highest BCUT2D eigenvalue weighted by atomic mass is 16.5. The minimum atomic E-state index is -0.974. The lowest BCUT2D eigenvalue weighted by Crippen LogP contribution is -2.54. The van der Waals surface area contributed by atoms with Crippen molar-refractivity contribution in [3.05, 3.63) is 72.2 Å². The number of ether oxygens (including phenoxy) is 2. The van der Waals surface area contributed by atoms with Crippen LogP contribution in [0.15, 0.2) is 61.1 Å². The Morgan fingerprint density at radius 1 is 1.14 bits per heavy atom. The fourth-order valence-electron chi connectivity index (χ4n) is 4.05. The van der Waals surface area contributed by atoms with Crippen molar-refractivity contribution in [3.63, 3.8) is 0 Å². The molecule has 0 saturated carbocycles. The van der Waals surface area contributed by atoms with E-state index < -0.39 is 5.60 Å². The lowest BCUT2D eigenvalue weighted by Gasteiger charge is -2.39. The van der Waals surface area contributed by atoms with E-state index in [1.807, 2.05) is 36.4 Å². The number of nitriles is 1. The van der Waals surface area contributed by atoms with Gasteiger partial charge in [0.25, 0.3) is 0 Å². The summed E-state index contributed by atoms with van der Waals surface area (Å²) < 4.78 is 13.5. The number of hydrogen-bond acceptors (Lipinski definition) is 7. The van der Waals surface area contributed by atoms with E-state index in [9.17, 15) is 10.4 Å². The van der Waals surface area contributed by atoms with Crippen molar-refractivity contribution < 1.29 is 14.6 Å². The molecule has 0 amide bonds.